The Labute approximate surface area is 132 Å². The normalized spacial score (nSPS) is 10.3. The van der Waals surface area contributed by atoms with E-state index in [0.29, 0.717) is 29.1 Å². The number of methoxy groups -OCH3 is 1. The van der Waals surface area contributed by atoms with Gasteiger partial charge >= 0.3 is 0 Å². The summed E-state index contributed by atoms with van der Waals surface area (Å²) in [6, 6.07) is 10.7. The third-order valence-corrected chi connectivity index (χ3v) is 3.59. The maximum Gasteiger partial charge on any atom is 0.161 e. The van der Waals surface area contributed by atoms with Gasteiger partial charge in [-0.05, 0) is 58.7 Å². The van der Waals surface area contributed by atoms with Gasteiger partial charge in [0.2, 0.25) is 0 Å². The summed E-state index contributed by atoms with van der Waals surface area (Å²) in [5.74, 6) is 1.13. The van der Waals surface area contributed by atoms with Crippen LogP contribution in [0.25, 0.3) is 0 Å². The van der Waals surface area contributed by atoms with Gasteiger partial charge in [0.25, 0.3) is 0 Å². The molecule has 2 rings (SSSR count). The average Bonchev–Trinajstić information content (AvgIpc) is 2.49. The molecule has 0 saturated heterocycles. The van der Waals surface area contributed by atoms with Gasteiger partial charge in [0, 0.05) is 12.2 Å². The Bertz CT molecular complexity index is 619. The van der Waals surface area contributed by atoms with Crippen LogP contribution < -0.4 is 14.8 Å². The molecule has 0 radical (unpaired) electrons. The van der Waals surface area contributed by atoms with E-state index in [1.165, 1.54) is 6.07 Å². The molecular formula is C16H17BrFNO2. The van der Waals surface area contributed by atoms with Gasteiger partial charge in [-0.15, -0.1) is 0 Å². The summed E-state index contributed by atoms with van der Waals surface area (Å²) >= 11 is 3.13. The van der Waals surface area contributed by atoms with Crippen molar-refractivity contribution in [2.75, 3.05) is 19.0 Å². The Kier molecular flexibility index (Phi) is 5.44. The zero-order chi connectivity index (χ0) is 15.2. The predicted molar refractivity (Wildman–Crippen MR) is 85.6 cm³/mol. The molecule has 0 aliphatic rings. The van der Waals surface area contributed by atoms with Crippen molar-refractivity contribution >= 4 is 21.6 Å². The minimum absolute atomic E-state index is 0.287. The largest absolute Gasteiger partial charge is 0.493 e. The quantitative estimate of drug-likeness (QED) is 0.822. The monoisotopic (exact) mass is 353 g/mol. The molecular weight excluding hydrogens is 337 g/mol. The topological polar surface area (TPSA) is 30.5 Å². The van der Waals surface area contributed by atoms with Crippen molar-refractivity contribution < 1.29 is 13.9 Å². The van der Waals surface area contributed by atoms with Crippen LogP contribution in [0.3, 0.4) is 0 Å². The van der Waals surface area contributed by atoms with E-state index in [2.05, 4.69) is 21.2 Å². The van der Waals surface area contributed by atoms with Crippen LogP contribution in [-0.2, 0) is 6.54 Å². The first-order valence-electron chi connectivity index (χ1n) is 6.62. The number of halogens is 2. The molecule has 0 spiro atoms. The number of nitrogens with one attached hydrogen (secondary N) is 1. The summed E-state index contributed by atoms with van der Waals surface area (Å²) in [6.07, 6.45) is 0. The number of benzene rings is 2. The highest BCUT2D eigenvalue weighted by Crippen LogP contribution is 2.28. The Morgan fingerprint density at radius 2 is 1.95 bits per heavy atom. The second-order valence-corrected chi connectivity index (χ2v) is 5.26. The van der Waals surface area contributed by atoms with Crippen LogP contribution in [0.2, 0.25) is 0 Å². The molecule has 0 aliphatic carbocycles. The first-order chi connectivity index (χ1) is 10.1. The van der Waals surface area contributed by atoms with Gasteiger partial charge in [-0.1, -0.05) is 6.07 Å². The van der Waals surface area contributed by atoms with Crippen LogP contribution in [0.5, 0.6) is 11.5 Å². The van der Waals surface area contributed by atoms with Gasteiger partial charge in [0.1, 0.15) is 5.82 Å². The van der Waals surface area contributed by atoms with Gasteiger partial charge < -0.3 is 14.8 Å². The van der Waals surface area contributed by atoms with Gasteiger partial charge in [-0.25, -0.2) is 4.39 Å². The highest BCUT2D eigenvalue weighted by molar-refractivity contribution is 9.10. The lowest BCUT2D eigenvalue weighted by Gasteiger charge is -2.12. The zero-order valence-electron chi connectivity index (χ0n) is 12.0. The summed E-state index contributed by atoms with van der Waals surface area (Å²) in [4.78, 5) is 0. The fourth-order valence-corrected chi connectivity index (χ4v) is 2.16. The molecule has 1 N–H and O–H groups in total. The van der Waals surface area contributed by atoms with Gasteiger partial charge in [-0.3, -0.25) is 0 Å². The summed E-state index contributed by atoms with van der Waals surface area (Å²) in [5, 5.41) is 3.18. The molecule has 0 amide bonds. The molecule has 0 bridgehead atoms. The summed E-state index contributed by atoms with van der Waals surface area (Å²) in [7, 11) is 1.61. The van der Waals surface area contributed by atoms with Crippen LogP contribution in [-0.4, -0.2) is 13.7 Å². The van der Waals surface area contributed by atoms with E-state index < -0.39 is 0 Å². The minimum Gasteiger partial charge on any atom is -0.493 e. The maximum absolute atomic E-state index is 13.4. The fourth-order valence-electron chi connectivity index (χ4n) is 1.91. The van der Waals surface area contributed by atoms with E-state index >= 15 is 0 Å². The van der Waals surface area contributed by atoms with Crippen molar-refractivity contribution in [2.45, 2.75) is 13.5 Å². The van der Waals surface area contributed by atoms with E-state index in [9.17, 15) is 4.39 Å². The average molecular weight is 354 g/mol. The molecule has 3 nitrogen and oxygen atoms in total. The zero-order valence-corrected chi connectivity index (χ0v) is 13.5. The molecule has 5 heteroatoms. The molecule has 2 aromatic carbocycles. The van der Waals surface area contributed by atoms with Crippen LogP contribution in [0.15, 0.2) is 40.9 Å². The van der Waals surface area contributed by atoms with E-state index in [1.807, 2.05) is 31.2 Å². The highest BCUT2D eigenvalue weighted by Gasteiger charge is 2.06. The van der Waals surface area contributed by atoms with E-state index in [0.717, 1.165) is 11.3 Å². The minimum atomic E-state index is -0.287. The van der Waals surface area contributed by atoms with Crippen molar-refractivity contribution in [3.8, 4) is 11.5 Å². The number of hydrogen-bond acceptors (Lipinski definition) is 3. The molecule has 0 fully saturated rings. The Morgan fingerprint density at radius 1 is 1.14 bits per heavy atom. The van der Waals surface area contributed by atoms with E-state index in [-0.39, 0.29) is 5.82 Å². The molecule has 0 saturated carbocycles. The van der Waals surface area contributed by atoms with Crippen LogP contribution in [0, 0.1) is 5.82 Å². The standard InChI is InChI=1S/C16H17BrFNO2/c1-3-21-16-8-11(4-7-15(16)20-2)10-19-12-5-6-13(17)14(18)9-12/h4-9,19H,3,10H2,1-2H3. The first-order valence-corrected chi connectivity index (χ1v) is 7.42. The van der Waals surface area contributed by atoms with Gasteiger partial charge in [0.15, 0.2) is 11.5 Å². The molecule has 0 aromatic heterocycles. The lowest BCUT2D eigenvalue weighted by Crippen LogP contribution is -2.02. The van der Waals surface area contributed by atoms with Crippen LogP contribution in [0.1, 0.15) is 12.5 Å². The second-order valence-electron chi connectivity index (χ2n) is 4.40. The predicted octanol–water partition coefficient (Wildman–Crippen LogP) is 4.61. The second kappa shape index (κ2) is 7.31. The third kappa shape index (κ3) is 4.11. The highest BCUT2D eigenvalue weighted by atomic mass is 79.9. The van der Waals surface area contributed by atoms with Crippen molar-refractivity contribution in [2.24, 2.45) is 0 Å². The molecule has 0 atom stereocenters. The first kappa shape index (κ1) is 15.6. The summed E-state index contributed by atoms with van der Waals surface area (Å²) in [5.41, 5.74) is 1.76. The Balaban J connectivity index is 2.08. The molecule has 112 valence electrons. The van der Waals surface area contributed by atoms with E-state index in [4.69, 9.17) is 9.47 Å². The number of rotatable bonds is 6. The summed E-state index contributed by atoms with van der Waals surface area (Å²) in [6.45, 7) is 3.07. The van der Waals surface area contributed by atoms with E-state index in [1.54, 1.807) is 13.2 Å². The van der Waals surface area contributed by atoms with Crippen molar-refractivity contribution in [3.05, 3.63) is 52.3 Å². The number of hydrogen-bond donors (Lipinski definition) is 1. The Hall–Kier alpha value is -1.75. The molecule has 2 aromatic rings. The van der Waals surface area contributed by atoms with Crippen molar-refractivity contribution in [3.63, 3.8) is 0 Å². The molecule has 0 heterocycles. The maximum atomic E-state index is 13.4. The fraction of sp³-hybridized carbons (Fsp3) is 0.250. The Morgan fingerprint density at radius 3 is 2.62 bits per heavy atom. The molecule has 0 aliphatic heterocycles. The number of anilines is 1. The smallest absolute Gasteiger partial charge is 0.161 e. The SMILES string of the molecule is CCOc1cc(CNc2ccc(Br)c(F)c2)ccc1OC. The van der Waals surface area contributed by atoms with Gasteiger partial charge in [-0.2, -0.15) is 0 Å². The number of ether oxygens (including phenoxy) is 2. The lowest BCUT2D eigenvalue weighted by atomic mass is 10.2. The summed E-state index contributed by atoms with van der Waals surface area (Å²) < 4.78 is 24.7. The van der Waals surface area contributed by atoms with Crippen LogP contribution >= 0.6 is 15.9 Å². The van der Waals surface area contributed by atoms with Crippen molar-refractivity contribution in [1.82, 2.24) is 0 Å². The van der Waals surface area contributed by atoms with Crippen LogP contribution in [0.4, 0.5) is 10.1 Å². The molecule has 21 heavy (non-hydrogen) atoms. The van der Waals surface area contributed by atoms with Gasteiger partial charge in [0.05, 0.1) is 18.2 Å². The lowest BCUT2D eigenvalue weighted by molar-refractivity contribution is 0.310. The molecule has 0 unspecified atom stereocenters. The third-order valence-electron chi connectivity index (χ3n) is 2.94. The van der Waals surface area contributed by atoms with Crippen molar-refractivity contribution in [1.29, 1.82) is 0 Å².